The fourth-order valence-electron chi connectivity index (χ4n) is 1.30. The topological polar surface area (TPSA) is 0 Å². The Kier molecular flexibility index (Phi) is 1.54. The third-order valence-electron chi connectivity index (χ3n) is 2.37. The maximum atomic E-state index is 12.6. The minimum atomic E-state index is -0.509. The van der Waals surface area contributed by atoms with Crippen LogP contribution in [0, 0.1) is 11.8 Å². The van der Waals surface area contributed by atoms with Crippen molar-refractivity contribution in [1.29, 1.82) is 0 Å². The molecular formula is C7H13F. The van der Waals surface area contributed by atoms with Crippen LogP contribution in [0.2, 0.25) is 0 Å². The zero-order valence-electron chi connectivity index (χ0n) is 5.52. The highest BCUT2D eigenvalue weighted by Gasteiger charge is 2.28. The zero-order valence-corrected chi connectivity index (χ0v) is 5.52. The number of rotatable bonds is 0. The van der Waals surface area contributed by atoms with Crippen molar-refractivity contribution >= 4 is 0 Å². The molecule has 0 nitrogen and oxygen atoms in total. The summed E-state index contributed by atoms with van der Waals surface area (Å²) in [5.74, 6) is 0.931. The summed E-state index contributed by atoms with van der Waals surface area (Å²) in [6.45, 7) is 4.13. The first-order chi connectivity index (χ1) is 3.72. The Morgan fingerprint density at radius 2 is 1.88 bits per heavy atom. The Hall–Kier alpha value is -0.0700. The average molecular weight is 116 g/mol. The minimum Gasteiger partial charge on any atom is -0.247 e. The Morgan fingerprint density at radius 1 is 1.25 bits per heavy atom. The average Bonchev–Trinajstić information content (AvgIpc) is 1.98. The highest BCUT2D eigenvalue weighted by molar-refractivity contribution is 4.78. The minimum absolute atomic E-state index is 0.315. The smallest absolute Gasteiger partial charge is 0.103 e. The summed E-state index contributed by atoms with van der Waals surface area (Å²) < 4.78 is 12.6. The van der Waals surface area contributed by atoms with Gasteiger partial charge in [-0.15, -0.1) is 0 Å². The van der Waals surface area contributed by atoms with Crippen molar-refractivity contribution in [2.75, 3.05) is 0 Å². The summed E-state index contributed by atoms with van der Waals surface area (Å²) in [7, 11) is 0. The molecule has 2 unspecified atom stereocenters. The molecule has 0 N–H and O–H groups in total. The molecule has 3 atom stereocenters. The van der Waals surface area contributed by atoms with Gasteiger partial charge >= 0.3 is 0 Å². The molecule has 1 fully saturated rings. The molecule has 0 spiro atoms. The molecule has 0 bridgehead atoms. The van der Waals surface area contributed by atoms with Crippen molar-refractivity contribution < 1.29 is 4.39 Å². The number of halogens is 1. The summed E-state index contributed by atoms with van der Waals surface area (Å²) in [6.07, 6.45) is 1.37. The normalized spacial score (nSPS) is 47.6. The SMILES string of the molecule is CC1CCC(F)[C@@H]1C. The van der Waals surface area contributed by atoms with Gasteiger partial charge in [-0.3, -0.25) is 0 Å². The Balaban J connectivity index is 2.44. The van der Waals surface area contributed by atoms with E-state index in [2.05, 4.69) is 6.92 Å². The summed E-state index contributed by atoms with van der Waals surface area (Å²) in [5, 5.41) is 0. The fraction of sp³-hybridized carbons (Fsp3) is 1.00. The van der Waals surface area contributed by atoms with E-state index in [0.29, 0.717) is 11.8 Å². The lowest BCUT2D eigenvalue weighted by Gasteiger charge is -2.08. The summed E-state index contributed by atoms with van der Waals surface area (Å²) in [5.41, 5.74) is 0. The zero-order chi connectivity index (χ0) is 6.15. The lowest BCUT2D eigenvalue weighted by molar-refractivity contribution is 0.254. The van der Waals surface area contributed by atoms with Crippen LogP contribution in [0.15, 0.2) is 0 Å². The van der Waals surface area contributed by atoms with Gasteiger partial charge in [0.1, 0.15) is 6.17 Å². The molecule has 48 valence electrons. The van der Waals surface area contributed by atoms with E-state index in [4.69, 9.17) is 0 Å². The molecule has 1 heteroatoms. The van der Waals surface area contributed by atoms with Gasteiger partial charge in [-0.1, -0.05) is 13.8 Å². The van der Waals surface area contributed by atoms with Crippen molar-refractivity contribution in [2.45, 2.75) is 32.9 Å². The maximum Gasteiger partial charge on any atom is 0.103 e. The van der Waals surface area contributed by atoms with Crippen LogP contribution >= 0.6 is 0 Å². The van der Waals surface area contributed by atoms with Crippen LogP contribution in [0.25, 0.3) is 0 Å². The molecule has 1 aliphatic rings. The first-order valence-electron chi connectivity index (χ1n) is 3.36. The van der Waals surface area contributed by atoms with E-state index in [-0.39, 0.29) is 0 Å². The standard InChI is InChI=1S/C7H13F/c1-5-3-4-7(8)6(5)2/h5-7H,3-4H2,1-2H3/t5?,6-,7?/m1/s1. The molecule has 0 saturated heterocycles. The highest BCUT2D eigenvalue weighted by Crippen LogP contribution is 2.32. The second kappa shape index (κ2) is 2.04. The van der Waals surface area contributed by atoms with E-state index >= 15 is 0 Å². The lowest BCUT2D eigenvalue weighted by Crippen LogP contribution is -2.08. The van der Waals surface area contributed by atoms with E-state index in [9.17, 15) is 4.39 Å². The first-order valence-corrected chi connectivity index (χ1v) is 3.36. The molecule has 0 radical (unpaired) electrons. The van der Waals surface area contributed by atoms with Gasteiger partial charge in [0, 0.05) is 0 Å². The van der Waals surface area contributed by atoms with Crippen LogP contribution in [0.1, 0.15) is 26.7 Å². The van der Waals surface area contributed by atoms with Crippen molar-refractivity contribution in [2.24, 2.45) is 11.8 Å². The van der Waals surface area contributed by atoms with Crippen LogP contribution in [0.3, 0.4) is 0 Å². The quantitative estimate of drug-likeness (QED) is 0.456. The Bertz CT molecular complexity index is 70.5. The molecule has 0 aromatic heterocycles. The van der Waals surface area contributed by atoms with Crippen LogP contribution in [-0.4, -0.2) is 6.17 Å². The first kappa shape index (κ1) is 6.06. The predicted octanol–water partition coefficient (Wildman–Crippen LogP) is 2.39. The Labute approximate surface area is 50.1 Å². The lowest BCUT2D eigenvalue weighted by atomic mass is 10.0. The van der Waals surface area contributed by atoms with Crippen LogP contribution < -0.4 is 0 Å². The number of hydrogen-bond acceptors (Lipinski definition) is 0. The van der Waals surface area contributed by atoms with Crippen molar-refractivity contribution in [3.05, 3.63) is 0 Å². The van der Waals surface area contributed by atoms with Gasteiger partial charge in [0.15, 0.2) is 0 Å². The van der Waals surface area contributed by atoms with Crippen LogP contribution in [0.5, 0.6) is 0 Å². The number of hydrogen-bond donors (Lipinski definition) is 0. The van der Waals surface area contributed by atoms with Crippen LogP contribution in [-0.2, 0) is 0 Å². The highest BCUT2D eigenvalue weighted by atomic mass is 19.1. The van der Waals surface area contributed by atoms with E-state index in [1.165, 1.54) is 0 Å². The Morgan fingerprint density at radius 3 is 2.00 bits per heavy atom. The van der Waals surface area contributed by atoms with Crippen molar-refractivity contribution in [3.63, 3.8) is 0 Å². The van der Waals surface area contributed by atoms with Crippen molar-refractivity contribution in [1.82, 2.24) is 0 Å². The van der Waals surface area contributed by atoms with Gasteiger partial charge < -0.3 is 0 Å². The monoisotopic (exact) mass is 116 g/mol. The molecule has 0 amide bonds. The van der Waals surface area contributed by atoms with E-state index in [0.717, 1.165) is 12.8 Å². The molecule has 0 aromatic rings. The second-order valence-corrected chi connectivity index (χ2v) is 2.93. The third-order valence-corrected chi connectivity index (χ3v) is 2.37. The molecule has 1 aliphatic carbocycles. The molecule has 8 heavy (non-hydrogen) atoms. The molecule has 1 saturated carbocycles. The molecule has 0 aromatic carbocycles. The van der Waals surface area contributed by atoms with Gasteiger partial charge in [-0.25, -0.2) is 4.39 Å². The van der Waals surface area contributed by atoms with E-state index < -0.39 is 6.17 Å². The molecular weight excluding hydrogens is 103 g/mol. The van der Waals surface area contributed by atoms with Gasteiger partial charge in [0.05, 0.1) is 0 Å². The summed E-state index contributed by atoms with van der Waals surface area (Å²) in [6, 6.07) is 0. The van der Waals surface area contributed by atoms with Gasteiger partial charge in [0.2, 0.25) is 0 Å². The van der Waals surface area contributed by atoms with Crippen LogP contribution in [0.4, 0.5) is 4.39 Å². The molecule has 1 rings (SSSR count). The van der Waals surface area contributed by atoms with Gasteiger partial charge in [-0.05, 0) is 24.7 Å². The number of alkyl halides is 1. The summed E-state index contributed by atoms with van der Waals surface area (Å²) >= 11 is 0. The third kappa shape index (κ3) is 0.862. The van der Waals surface area contributed by atoms with Gasteiger partial charge in [0.25, 0.3) is 0 Å². The summed E-state index contributed by atoms with van der Waals surface area (Å²) in [4.78, 5) is 0. The van der Waals surface area contributed by atoms with Gasteiger partial charge in [-0.2, -0.15) is 0 Å². The largest absolute Gasteiger partial charge is 0.247 e. The van der Waals surface area contributed by atoms with Crippen molar-refractivity contribution in [3.8, 4) is 0 Å². The van der Waals surface area contributed by atoms with E-state index in [1.807, 2.05) is 6.92 Å². The molecule has 0 aliphatic heterocycles. The fourth-order valence-corrected chi connectivity index (χ4v) is 1.30. The van der Waals surface area contributed by atoms with E-state index in [1.54, 1.807) is 0 Å². The molecule has 0 heterocycles. The predicted molar refractivity (Wildman–Crippen MR) is 32.5 cm³/mol. The maximum absolute atomic E-state index is 12.6. The second-order valence-electron chi connectivity index (χ2n) is 2.93.